The zero-order chi connectivity index (χ0) is 14.8. The maximum absolute atomic E-state index is 8.94. The molecular weight excluding hydrogens is 262 g/mol. The van der Waals surface area contributed by atoms with Crippen LogP contribution in [0.5, 0.6) is 11.5 Å². The van der Waals surface area contributed by atoms with E-state index in [9.17, 15) is 0 Å². The lowest BCUT2D eigenvalue weighted by Crippen LogP contribution is -1.93. The summed E-state index contributed by atoms with van der Waals surface area (Å²) in [5, 5.41) is 10.7. The van der Waals surface area contributed by atoms with Crippen LogP contribution in [0.15, 0.2) is 48.7 Å². The summed E-state index contributed by atoms with van der Waals surface area (Å²) in [4.78, 5) is 4.27. The number of rotatable bonds is 2. The fourth-order valence-electron chi connectivity index (χ4n) is 2.18. The van der Waals surface area contributed by atoms with E-state index in [1.165, 1.54) is 0 Å². The third-order valence-electron chi connectivity index (χ3n) is 3.22. The molecule has 0 atom stereocenters. The monoisotopic (exact) mass is 275 g/mol. The second-order valence-corrected chi connectivity index (χ2v) is 4.77. The van der Waals surface area contributed by atoms with Crippen LogP contribution in [0.1, 0.15) is 11.3 Å². The number of benzene rings is 2. The molecule has 3 aromatic rings. The second-order valence-electron chi connectivity index (χ2n) is 4.77. The van der Waals surface area contributed by atoms with Gasteiger partial charge in [-0.25, -0.2) is 0 Å². The molecule has 0 saturated heterocycles. The fraction of sp³-hybridized carbons (Fsp3) is 0.0588. The van der Waals surface area contributed by atoms with E-state index in [-0.39, 0.29) is 0 Å². The van der Waals surface area contributed by atoms with Crippen molar-refractivity contribution in [3.8, 4) is 17.6 Å². The molecule has 4 heteroatoms. The summed E-state index contributed by atoms with van der Waals surface area (Å²) in [6.07, 6.45) is 1.75. The van der Waals surface area contributed by atoms with Gasteiger partial charge in [0.05, 0.1) is 11.6 Å². The number of aromatic nitrogens is 1. The van der Waals surface area contributed by atoms with Gasteiger partial charge in [-0.1, -0.05) is 6.07 Å². The third-order valence-corrected chi connectivity index (χ3v) is 3.22. The maximum atomic E-state index is 8.94. The Kier molecular flexibility index (Phi) is 3.17. The number of nitrogens with zero attached hydrogens (tertiary/aromatic N) is 2. The van der Waals surface area contributed by atoms with Crippen LogP contribution in [0.25, 0.3) is 10.8 Å². The zero-order valence-corrected chi connectivity index (χ0v) is 11.5. The van der Waals surface area contributed by atoms with E-state index in [0.29, 0.717) is 22.7 Å². The van der Waals surface area contributed by atoms with Crippen molar-refractivity contribution in [2.24, 2.45) is 0 Å². The number of fused-ring (bicyclic) bond motifs is 1. The molecule has 21 heavy (non-hydrogen) atoms. The Morgan fingerprint density at radius 3 is 2.81 bits per heavy atom. The Hall–Kier alpha value is -3.06. The van der Waals surface area contributed by atoms with Gasteiger partial charge in [-0.3, -0.25) is 4.98 Å². The molecule has 0 aliphatic carbocycles. The highest BCUT2D eigenvalue weighted by molar-refractivity contribution is 5.96. The molecule has 3 rings (SSSR count). The number of nitrogen functional groups attached to an aromatic ring is 1. The topological polar surface area (TPSA) is 71.9 Å². The van der Waals surface area contributed by atoms with Crippen LogP contribution in [-0.4, -0.2) is 4.98 Å². The van der Waals surface area contributed by atoms with E-state index in [4.69, 9.17) is 15.7 Å². The minimum Gasteiger partial charge on any atom is -0.457 e. The first kappa shape index (κ1) is 12.9. The van der Waals surface area contributed by atoms with Crippen molar-refractivity contribution in [3.05, 3.63) is 59.9 Å². The van der Waals surface area contributed by atoms with Crippen molar-refractivity contribution < 1.29 is 4.74 Å². The standard InChI is InChI=1S/C17H13N3O/c1-11-7-14-15(10-20-11)16(19)5-6-17(14)21-13-4-2-3-12(8-13)9-18/h2-8,10H,19H2,1H3. The van der Waals surface area contributed by atoms with E-state index >= 15 is 0 Å². The highest BCUT2D eigenvalue weighted by Crippen LogP contribution is 2.33. The summed E-state index contributed by atoms with van der Waals surface area (Å²) in [5.74, 6) is 1.31. The first-order chi connectivity index (χ1) is 10.2. The smallest absolute Gasteiger partial charge is 0.135 e. The molecule has 0 spiro atoms. The Labute approximate surface area is 122 Å². The van der Waals surface area contributed by atoms with Crippen molar-refractivity contribution in [1.82, 2.24) is 4.98 Å². The van der Waals surface area contributed by atoms with Crippen LogP contribution in [0.2, 0.25) is 0 Å². The molecular formula is C17H13N3O. The normalized spacial score (nSPS) is 10.3. The molecule has 0 aliphatic heterocycles. The minimum absolute atomic E-state index is 0.560. The highest BCUT2D eigenvalue weighted by Gasteiger charge is 2.08. The van der Waals surface area contributed by atoms with Crippen LogP contribution in [0, 0.1) is 18.3 Å². The Morgan fingerprint density at radius 2 is 2.00 bits per heavy atom. The van der Waals surface area contributed by atoms with E-state index in [1.54, 1.807) is 30.5 Å². The lowest BCUT2D eigenvalue weighted by molar-refractivity contribution is 0.488. The quantitative estimate of drug-likeness (QED) is 0.722. The van der Waals surface area contributed by atoms with Crippen molar-refractivity contribution in [3.63, 3.8) is 0 Å². The van der Waals surface area contributed by atoms with Crippen LogP contribution in [-0.2, 0) is 0 Å². The average molecular weight is 275 g/mol. The molecule has 0 saturated carbocycles. The highest BCUT2D eigenvalue weighted by atomic mass is 16.5. The molecule has 0 amide bonds. The Bertz CT molecular complexity index is 866. The van der Waals surface area contributed by atoms with Crippen LogP contribution < -0.4 is 10.5 Å². The molecule has 102 valence electrons. The van der Waals surface area contributed by atoms with E-state index in [0.717, 1.165) is 16.5 Å². The number of hydrogen-bond donors (Lipinski definition) is 1. The van der Waals surface area contributed by atoms with E-state index < -0.39 is 0 Å². The number of nitriles is 1. The van der Waals surface area contributed by atoms with Gasteiger partial charge in [0.1, 0.15) is 11.5 Å². The summed E-state index contributed by atoms with van der Waals surface area (Å²) in [7, 11) is 0. The Balaban J connectivity index is 2.10. The lowest BCUT2D eigenvalue weighted by Gasteiger charge is -2.11. The molecule has 0 radical (unpaired) electrons. The molecule has 4 nitrogen and oxygen atoms in total. The number of nitrogens with two attached hydrogens (primary N) is 1. The molecule has 1 heterocycles. The van der Waals surface area contributed by atoms with Crippen molar-refractivity contribution in [2.45, 2.75) is 6.92 Å². The van der Waals surface area contributed by atoms with Gasteiger partial charge in [0.15, 0.2) is 0 Å². The van der Waals surface area contributed by atoms with Gasteiger partial charge >= 0.3 is 0 Å². The van der Waals surface area contributed by atoms with Gasteiger partial charge in [0.2, 0.25) is 0 Å². The molecule has 1 aromatic heterocycles. The van der Waals surface area contributed by atoms with Crippen molar-refractivity contribution in [2.75, 3.05) is 5.73 Å². The van der Waals surface area contributed by atoms with Gasteiger partial charge in [-0.15, -0.1) is 0 Å². The van der Waals surface area contributed by atoms with Crippen molar-refractivity contribution >= 4 is 16.5 Å². The number of aryl methyl sites for hydroxylation is 1. The summed E-state index contributed by atoms with van der Waals surface area (Å²) in [5.41, 5.74) is 8.09. The lowest BCUT2D eigenvalue weighted by atomic mass is 10.1. The predicted octanol–water partition coefficient (Wildman–Crippen LogP) is 3.79. The molecule has 2 aromatic carbocycles. The van der Waals surface area contributed by atoms with E-state index in [1.807, 2.05) is 25.1 Å². The molecule has 0 bridgehead atoms. The summed E-state index contributed by atoms with van der Waals surface area (Å²) < 4.78 is 5.91. The van der Waals surface area contributed by atoms with Gasteiger partial charge in [-0.05, 0) is 43.3 Å². The first-order valence-electron chi connectivity index (χ1n) is 6.50. The maximum Gasteiger partial charge on any atom is 0.135 e. The SMILES string of the molecule is Cc1cc2c(Oc3cccc(C#N)c3)ccc(N)c2cn1. The van der Waals surface area contributed by atoms with Gasteiger partial charge in [0.25, 0.3) is 0 Å². The molecule has 0 unspecified atom stereocenters. The summed E-state index contributed by atoms with van der Waals surface area (Å²) in [6, 6.07) is 14.7. The van der Waals surface area contributed by atoms with Gasteiger partial charge < -0.3 is 10.5 Å². The Morgan fingerprint density at radius 1 is 1.14 bits per heavy atom. The number of ether oxygens (including phenoxy) is 1. The minimum atomic E-state index is 0.560. The number of pyridine rings is 1. The van der Waals surface area contributed by atoms with E-state index in [2.05, 4.69) is 11.1 Å². The zero-order valence-electron chi connectivity index (χ0n) is 11.5. The summed E-state index contributed by atoms with van der Waals surface area (Å²) in [6.45, 7) is 1.92. The molecule has 0 fully saturated rings. The molecule has 0 aliphatic rings. The third kappa shape index (κ3) is 2.49. The van der Waals surface area contributed by atoms with Crippen LogP contribution in [0.3, 0.4) is 0 Å². The number of hydrogen-bond acceptors (Lipinski definition) is 4. The molecule has 2 N–H and O–H groups in total. The number of anilines is 1. The predicted molar refractivity (Wildman–Crippen MR) is 82.1 cm³/mol. The van der Waals surface area contributed by atoms with Gasteiger partial charge in [-0.2, -0.15) is 5.26 Å². The average Bonchev–Trinajstić information content (AvgIpc) is 2.50. The van der Waals surface area contributed by atoms with Crippen LogP contribution in [0.4, 0.5) is 5.69 Å². The summed E-state index contributed by atoms with van der Waals surface area (Å²) >= 11 is 0. The van der Waals surface area contributed by atoms with Crippen LogP contribution >= 0.6 is 0 Å². The second kappa shape index (κ2) is 5.14. The van der Waals surface area contributed by atoms with Gasteiger partial charge in [0, 0.05) is 28.4 Å². The fourth-order valence-corrected chi connectivity index (χ4v) is 2.18. The largest absolute Gasteiger partial charge is 0.457 e. The first-order valence-corrected chi connectivity index (χ1v) is 6.50. The van der Waals surface area contributed by atoms with Crippen molar-refractivity contribution in [1.29, 1.82) is 5.26 Å².